The molecule has 0 amide bonds. The lowest BCUT2D eigenvalue weighted by atomic mass is 10.1. The first kappa shape index (κ1) is 24.2. The molecule has 0 aliphatic rings. The van der Waals surface area contributed by atoms with Gasteiger partial charge in [-0.05, 0) is 48.9 Å². The first-order chi connectivity index (χ1) is 15.1. The van der Waals surface area contributed by atoms with Crippen LogP contribution in [0.15, 0.2) is 79.0 Å². The van der Waals surface area contributed by atoms with Crippen LogP contribution in [0.3, 0.4) is 0 Å². The number of hydrogen-bond acceptors (Lipinski definition) is 4. The molecule has 3 aromatic carbocycles. The molecule has 0 bridgehead atoms. The third-order valence-electron chi connectivity index (χ3n) is 5.52. The maximum absolute atomic E-state index is 5.38. The van der Waals surface area contributed by atoms with Crippen molar-refractivity contribution < 1.29 is 4.74 Å². The summed E-state index contributed by atoms with van der Waals surface area (Å²) in [4.78, 5) is 0. The van der Waals surface area contributed by atoms with Gasteiger partial charge in [0.25, 0.3) is 0 Å². The van der Waals surface area contributed by atoms with E-state index in [0.29, 0.717) is 0 Å². The number of hydrogen-bond donors (Lipinski definition) is 1. The fourth-order valence-corrected chi connectivity index (χ4v) is 3.86. The standard InChI is InChI=1S/C25H23N5O.2ClH/c1-17-22-8-5-9-23(25(22)28-30(17)20-6-4-7-21(16-20)31-3)27-19-12-10-18(11-13-19)24-14-15-26-29(24)2;;/h4-16,27H,1-3H3;2*1H. The van der Waals surface area contributed by atoms with Crippen LogP contribution >= 0.6 is 24.8 Å². The molecule has 5 rings (SSSR count). The third kappa shape index (κ3) is 4.53. The highest BCUT2D eigenvalue weighted by atomic mass is 35.5. The minimum absolute atomic E-state index is 0. The molecule has 0 saturated heterocycles. The molecule has 0 unspecified atom stereocenters. The number of anilines is 2. The van der Waals surface area contributed by atoms with E-state index in [9.17, 15) is 0 Å². The Morgan fingerprint density at radius 1 is 0.909 bits per heavy atom. The van der Waals surface area contributed by atoms with Crippen LogP contribution in [-0.2, 0) is 7.05 Å². The van der Waals surface area contributed by atoms with Crippen molar-refractivity contribution in [3.63, 3.8) is 0 Å². The van der Waals surface area contributed by atoms with Gasteiger partial charge >= 0.3 is 0 Å². The summed E-state index contributed by atoms with van der Waals surface area (Å²) in [6.45, 7) is 2.08. The average Bonchev–Trinajstić information content (AvgIpc) is 3.38. The Hall–Kier alpha value is -3.48. The number of nitrogens with one attached hydrogen (secondary N) is 1. The van der Waals surface area contributed by atoms with Crippen LogP contribution in [-0.4, -0.2) is 26.7 Å². The predicted molar refractivity (Wildman–Crippen MR) is 139 cm³/mol. The van der Waals surface area contributed by atoms with E-state index in [1.165, 1.54) is 0 Å². The van der Waals surface area contributed by atoms with Crippen LogP contribution in [0.4, 0.5) is 11.4 Å². The van der Waals surface area contributed by atoms with E-state index in [4.69, 9.17) is 9.84 Å². The van der Waals surface area contributed by atoms with Crippen molar-refractivity contribution in [3.05, 3.63) is 84.7 Å². The topological polar surface area (TPSA) is 56.9 Å². The molecule has 33 heavy (non-hydrogen) atoms. The van der Waals surface area contributed by atoms with Crippen molar-refractivity contribution in [1.82, 2.24) is 19.6 Å². The van der Waals surface area contributed by atoms with Gasteiger partial charge < -0.3 is 10.1 Å². The summed E-state index contributed by atoms with van der Waals surface area (Å²) in [5.41, 5.74) is 7.17. The zero-order valence-corrected chi connectivity index (χ0v) is 20.2. The van der Waals surface area contributed by atoms with Crippen LogP contribution in [0.25, 0.3) is 27.8 Å². The zero-order valence-electron chi connectivity index (χ0n) is 18.5. The first-order valence-corrected chi connectivity index (χ1v) is 10.1. The van der Waals surface area contributed by atoms with Gasteiger partial charge in [-0.25, -0.2) is 4.68 Å². The number of benzene rings is 3. The predicted octanol–water partition coefficient (Wildman–Crippen LogP) is 6.33. The van der Waals surface area contributed by atoms with E-state index in [1.807, 2.05) is 52.9 Å². The van der Waals surface area contributed by atoms with E-state index in [1.54, 1.807) is 7.11 Å². The Bertz CT molecular complexity index is 1380. The number of methoxy groups -OCH3 is 1. The Morgan fingerprint density at radius 2 is 1.67 bits per heavy atom. The number of ether oxygens (including phenoxy) is 1. The lowest BCUT2D eigenvalue weighted by Crippen LogP contribution is -1.99. The van der Waals surface area contributed by atoms with Crippen molar-refractivity contribution in [2.45, 2.75) is 6.92 Å². The molecule has 6 nitrogen and oxygen atoms in total. The maximum Gasteiger partial charge on any atom is 0.121 e. The number of aryl methyl sites for hydroxylation is 2. The number of halogens is 2. The molecule has 0 saturated carbocycles. The molecule has 8 heteroatoms. The second-order valence-corrected chi connectivity index (χ2v) is 7.44. The quantitative estimate of drug-likeness (QED) is 0.318. The van der Waals surface area contributed by atoms with Gasteiger partial charge in [0.15, 0.2) is 0 Å². The van der Waals surface area contributed by atoms with Gasteiger partial charge in [0.2, 0.25) is 0 Å². The van der Waals surface area contributed by atoms with Crippen LogP contribution in [0.5, 0.6) is 5.75 Å². The lowest BCUT2D eigenvalue weighted by molar-refractivity contribution is 0.414. The number of aromatic nitrogens is 4. The molecule has 2 aromatic heterocycles. The van der Waals surface area contributed by atoms with Gasteiger partial charge in [0.1, 0.15) is 11.3 Å². The Balaban J connectivity index is 0.00000153. The molecule has 0 atom stereocenters. The second kappa shape index (κ2) is 9.98. The van der Waals surface area contributed by atoms with E-state index in [0.717, 1.165) is 50.7 Å². The smallest absolute Gasteiger partial charge is 0.121 e. The number of nitrogens with zero attached hydrogens (tertiary/aromatic N) is 4. The highest BCUT2D eigenvalue weighted by molar-refractivity contribution is 5.94. The van der Waals surface area contributed by atoms with Crippen molar-refractivity contribution in [3.8, 4) is 22.7 Å². The largest absolute Gasteiger partial charge is 0.497 e. The highest BCUT2D eigenvalue weighted by Crippen LogP contribution is 2.30. The normalized spacial score (nSPS) is 10.4. The molecule has 170 valence electrons. The van der Waals surface area contributed by atoms with E-state index in [-0.39, 0.29) is 24.8 Å². The van der Waals surface area contributed by atoms with Crippen LogP contribution in [0.1, 0.15) is 5.69 Å². The summed E-state index contributed by atoms with van der Waals surface area (Å²) >= 11 is 0. The summed E-state index contributed by atoms with van der Waals surface area (Å²) in [7, 11) is 3.62. The van der Waals surface area contributed by atoms with Gasteiger partial charge in [0, 0.05) is 36.1 Å². The molecule has 0 fully saturated rings. The van der Waals surface area contributed by atoms with Crippen molar-refractivity contribution in [2.75, 3.05) is 12.4 Å². The van der Waals surface area contributed by atoms with Crippen molar-refractivity contribution in [1.29, 1.82) is 0 Å². The molecular weight excluding hydrogens is 457 g/mol. The van der Waals surface area contributed by atoms with Crippen LogP contribution < -0.4 is 10.1 Å². The number of rotatable bonds is 5. The molecule has 1 N–H and O–H groups in total. The van der Waals surface area contributed by atoms with E-state index >= 15 is 0 Å². The summed E-state index contributed by atoms with van der Waals surface area (Å²) in [6, 6.07) is 24.5. The minimum atomic E-state index is 0. The van der Waals surface area contributed by atoms with E-state index in [2.05, 4.69) is 59.8 Å². The van der Waals surface area contributed by atoms with Gasteiger partial charge in [0.05, 0.1) is 24.2 Å². The van der Waals surface area contributed by atoms with Gasteiger partial charge in [-0.15, -0.1) is 24.8 Å². The molecule has 5 aromatic rings. The Kier molecular flexibility index (Phi) is 7.31. The third-order valence-corrected chi connectivity index (χ3v) is 5.52. The minimum Gasteiger partial charge on any atom is -0.497 e. The summed E-state index contributed by atoms with van der Waals surface area (Å²) in [5, 5.41) is 13.8. The van der Waals surface area contributed by atoms with E-state index < -0.39 is 0 Å². The molecular formula is C25H25Cl2N5O. The molecule has 0 aliphatic heterocycles. The van der Waals surface area contributed by atoms with Crippen LogP contribution in [0.2, 0.25) is 0 Å². The molecule has 0 aliphatic carbocycles. The molecule has 0 spiro atoms. The highest BCUT2D eigenvalue weighted by Gasteiger charge is 2.13. The van der Waals surface area contributed by atoms with Gasteiger partial charge in [-0.3, -0.25) is 4.68 Å². The number of fused-ring (bicyclic) bond motifs is 1. The second-order valence-electron chi connectivity index (χ2n) is 7.44. The average molecular weight is 482 g/mol. The van der Waals surface area contributed by atoms with Crippen LogP contribution in [0, 0.1) is 6.92 Å². The van der Waals surface area contributed by atoms with Crippen molar-refractivity contribution in [2.24, 2.45) is 7.05 Å². The SMILES string of the molecule is COc1cccc(-n2nc3c(Nc4ccc(-c5ccnn5C)cc4)cccc3c2C)c1.Cl.Cl. The summed E-state index contributed by atoms with van der Waals surface area (Å²) in [6.07, 6.45) is 1.81. The fraction of sp³-hybridized carbons (Fsp3) is 0.120. The van der Waals surface area contributed by atoms with Gasteiger partial charge in [-0.1, -0.05) is 30.3 Å². The monoisotopic (exact) mass is 481 g/mol. The maximum atomic E-state index is 5.38. The summed E-state index contributed by atoms with van der Waals surface area (Å²) < 4.78 is 9.21. The summed E-state index contributed by atoms with van der Waals surface area (Å²) in [5.74, 6) is 0.809. The Labute approximate surface area is 205 Å². The zero-order chi connectivity index (χ0) is 21.4. The van der Waals surface area contributed by atoms with Crippen molar-refractivity contribution >= 4 is 47.1 Å². The lowest BCUT2D eigenvalue weighted by Gasteiger charge is -2.08. The molecule has 2 heterocycles. The molecule has 0 radical (unpaired) electrons. The first-order valence-electron chi connectivity index (χ1n) is 10.1. The van der Waals surface area contributed by atoms with Gasteiger partial charge in [-0.2, -0.15) is 10.2 Å². The fourth-order valence-electron chi connectivity index (χ4n) is 3.86. The Morgan fingerprint density at radius 3 is 2.36 bits per heavy atom.